The number of halogens is 1. The fraction of sp³-hybridized carbons (Fsp3) is 0.258. The lowest BCUT2D eigenvalue weighted by Gasteiger charge is -2.39. The number of carbonyl (C=O) groups excluding carboxylic acids is 2. The fourth-order valence-electron chi connectivity index (χ4n) is 5.28. The number of Topliss-reactive ketones (excluding diaryl/α,β-unsaturated/α-hetero) is 1. The van der Waals surface area contributed by atoms with E-state index in [0.29, 0.717) is 35.7 Å². The van der Waals surface area contributed by atoms with Crippen LogP contribution in [0.3, 0.4) is 0 Å². The van der Waals surface area contributed by atoms with Crippen LogP contribution < -0.4 is 5.32 Å². The van der Waals surface area contributed by atoms with E-state index in [1.807, 2.05) is 62.5 Å². The van der Waals surface area contributed by atoms with E-state index in [2.05, 4.69) is 16.4 Å². The first kappa shape index (κ1) is 25.1. The molecule has 3 aromatic carbocycles. The fourth-order valence-corrected chi connectivity index (χ4v) is 5.40. The molecule has 4 aromatic rings. The minimum Gasteiger partial charge on any atom is -0.328 e. The number of amides is 1. The minimum absolute atomic E-state index is 0.0600. The summed E-state index contributed by atoms with van der Waals surface area (Å²) in [4.78, 5) is 33.6. The van der Waals surface area contributed by atoms with Crippen molar-refractivity contribution in [3.05, 3.63) is 112 Å². The number of aromatic nitrogens is 1. The number of para-hydroxylation sites is 1. The van der Waals surface area contributed by atoms with E-state index in [0.717, 1.165) is 28.5 Å². The number of benzene rings is 3. The second-order valence-electron chi connectivity index (χ2n) is 9.85. The first-order chi connectivity index (χ1) is 17.9. The molecule has 1 aliphatic rings. The van der Waals surface area contributed by atoms with E-state index in [4.69, 9.17) is 11.6 Å². The van der Waals surface area contributed by atoms with E-state index in [9.17, 15) is 9.59 Å². The second-order valence-corrected chi connectivity index (χ2v) is 10.3. The average molecular weight is 512 g/mol. The van der Waals surface area contributed by atoms with E-state index in [-0.39, 0.29) is 17.7 Å². The lowest BCUT2D eigenvalue weighted by Crippen LogP contribution is -2.54. The molecule has 0 spiro atoms. The van der Waals surface area contributed by atoms with Crippen LogP contribution in [0.15, 0.2) is 79.0 Å². The molecule has 5 rings (SSSR count). The van der Waals surface area contributed by atoms with Crippen LogP contribution in [0.4, 0.5) is 0 Å². The Morgan fingerprint density at radius 2 is 1.70 bits per heavy atom. The van der Waals surface area contributed by atoms with Gasteiger partial charge in [-0.25, -0.2) is 0 Å². The summed E-state index contributed by atoms with van der Waals surface area (Å²) in [7, 11) is 0. The average Bonchev–Trinajstić information content (AvgIpc) is 2.91. The van der Waals surface area contributed by atoms with Gasteiger partial charge in [-0.1, -0.05) is 47.0 Å². The van der Waals surface area contributed by atoms with Crippen LogP contribution in [0, 0.1) is 13.8 Å². The molecule has 5 nitrogen and oxygen atoms in total. The zero-order valence-electron chi connectivity index (χ0n) is 21.1. The van der Waals surface area contributed by atoms with E-state index in [1.165, 1.54) is 5.56 Å². The molecule has 1 saturated heterocycles. The molecular weight excluding hydrogens is 482 g/mol. The van der Waals surface area contributed by atoms with Crippen molar-refractivity contribution in [2.45, 2.75) is 45.3 Å². The molecular formula is C31H30ClN3O2. The van der Waals surface area contributed by atoms with Gasteiger partial charge >= 0.3 is 0 Å². The highest BCUT2D eigenvalue weighted by molar-refractivity contribution is 6.30. The number of nitrogens with one attached hydrogen (secondary N) is 1. The minimum atomic E-state index is -0.560. The Morgan fingerprint density at radius 1 is 0.973 bits per heavy atom. The molecule has 0 radical (unpaired) electrons. The van der Waals surface area contributed by atoms with Crippen LogP contribution >= 0.6 is 11.6 Å². The zero-order valence-corrected chi connectivity index (χ0v) is 21.8. The van der Waals surface area contributed by atoms with Crippen molar-refractivity contribution >= 4 is 34.2 Å². The van der Waals surface area contributed by atoms with Gasteiger partial charge in [0.2, 0.25) is 0 Å². The molecule has 0 saturated carbocycles. The SMILES string of the molecule is Cc1cc(C)cc(C(=O)N2CCC(NCc3ccnc4ccccc34)CC2C(=O)c2ccc(Cl)cc2)c1. The first-order valence-corrected chi connectivity index (χ1v) is 13.0. The number of hydrogen-bond donors (Lipinski definition) is 1. The summed E-state index contributed by atoms with van der Waals surface area (Å²) in [6.07, 6.45) is 3.14. The highest BCUT2D eigenvalue weighted by atomic mass is 35.5. The number of hydrogen-bond acceptors (Lipinski definition) is 4. The standard InChI is InChI=1S/C31H30ClN3O2/c1-20-15-21(2)17-24(16-20)31(37)35-14-12-26(18-29(35)30(36)22-7-9-25(32)10-8-22)34-19-23-11-13-33-28-6-4-3-5-27(23)28/h3-11,13,15-17,26,29,34H,12,14,18-19H2,1-2H3. The van der Waals surface area contributed by atoms with Crippen LogP contribution in [0.2, 0.25) is 5.02 Å². The van der Waals surface area contributed by atoms with Gasteiger partial charge in [-0.2, -0.15) is 0 Å². The largest absolute Gasteiger partial charge is 0.328 e. The van der Waals surface area contributed by atoms with Gasteiger partial charge in [0.15, 0.2) is 5.78 Å². The van der Waals surface area contributed by atoms with E-state index in [1.54, 1.807) is 29.2 Å². The van der Waals surface area contributed by atoms with Gasteiger partial charge in [0.05, 0.1) is 11.6 Å². The van der Waals surface area contributed by atoms with Gasteiger partial charge < -0.3 is 10.2 Å². The summed E-state index contributed by atoms with van der Waals surface area (Å²) >= 11 is 6.06. The van der Waals surface area contributed by atoms with Gasteiger partial charge in [0.25, 0.3) is 5.91 Å². The molecule has 6 heteroatoms. The molecule has 1 aliphatic heterocycles. The third kappa shape index (κ3) is 5.58. The summed E-state index contributed by atoms with van der Waals surface area (Å²) in [6.45, 7) is 5.14. The highest BCUT2D eigenvalue weighted by Crippen LogP contribution is 2.26. The number of rotatable bonds is 6. The van der Waals surface area contributed by atoms with Crippen molar-refractivity contribution in [1.82, 2.24) is 15.2 Å². The molecule has 188 valence electrons. The quantitative estimate of drug-likeness (QED) is 0.315. The molecule has 2 heterocycles. The number of carbonyl (C=O) groups is 2. The van der Waals surface area contributed by atoms with Crippen molar-refractivity contribution in [3.63, 3.8) is 0 Å². The second kappa shape index (κ2) is 10.8. The molecule has 2 atom stereocenters. The Kier molecular flexibility index (Phi) is 7.36. The first-order valence-electron chi connectivity index (χ1n) is 12.6. The monoisotopic (exact) mass is 511 g/mol. The number of likely N-dealkylation sites (tertiary alicyclic amines) is 1. The van der Waals surface area contributed by atoms with E-state index >= 15 is 0 Å². The van der Waals surface area contributed by atoms with Crippen LogP contribution in [0.1, 0.15) is 50.2 Å². The topological polar surface area (TPSA) is 62.3 Å². The van der Waals surface area contributed by atoms with Crippen molar-refractivity contribution in [3.8, 4) is 0 Å². The van der Waals surface area contributed by atoms with E-state index < -0.39 is 6.04 Å². The number of fused-ring (bicyclic) bond motifs is 1. The van der Waals surface area contributed by atoms with Crippen LogP contribution in [-0.2, 0) is 6.54 Å². The third-order valence-corrected chi connectivity index (χ3v) is 7.34. The number of piperidine rings is 1. The Morgan fingerprint density at radius 3 is 2.46 bits per heavy atom. The summed E-state index contributed by atoms with van der Waals surface area (Å²) in [5.41, 5.74) is 5.39. The Labute approximate surface area is 222 Å². The molecule has 0 bridgehead atoms. The van der Waals surface area contributed by atoms with Gasteiger partial charge in [0, 0.05) is 46.9 Å². The summed E-state index contributed by atoms with van der Waals surface area (Å²) in [5.74, 6) is -0.159. The van der Waals surface area contributed by atoms with Gasteiger partial charge in [-0.05, 0) is 80.8 Å². The lowest BCUT2D eigenvalue weighted by atomic mass is 9.90. The Hall–Kier alpha value is -3.54. The predicted molar refractivity (Wildman–Crippen MR) is 148 cm³/mol. The van der Waals surface area contributed by atoms with Crippen molar-refractivity contribution in [1.29, 1.82) is 0 Å². The Bertz CT molecular complexity index is 1430. The van der Waals surface area contributed by atoms with Crippen LogP contribution in [0.25, 0.3) is 10.9 Å². The summed E-state index contributed by atoms with van der Waals surface area (Å²) < 4.78 is 0. The maximum absolute atomic E-state index is 13.7. The molecule has 0 aliphatic carbocycles. The van der Waals surface area contributed by atoms with Crippen molar-refractivity contribution < 1.29 is 9.59 Å². The normalized spacial score (nSPS) is 17.6. The molecule has 2 unspecified atom stereocenters. The number of aryl methyl sites for hydroxylation is 2. The predicted octanol–water partition coefficient (Wildman–Crippen LogP) is 6.15. The highest BCUT2D eigenvalue weighted by Gasteiger charge is 2.37. The molecule has 1 amide bonds. The molecule has 1 fully saturated rings. The van der Waals surface area contributed by atoms with Gasteiger partial charge in [0.1, 0.15) is 0 Å². The third-order valence-electron chi connectivity index (χ3n) is 7.08. The molecule has 1 N–H and O–H groups in total. The number of nitrogens with zero attached hydrogens (tertiary/aromatic N) is 2. The zero-order chi connectivity index (χ0) is 25.9. The molecule has 37 heavy (non-hydrogen) atoms. The summed E-state index contributed by atoms with van der Waals surface area (Å²) in [6, 6.07) is 22.4. The lowest BCUT2D eigenvalue weighted by molar-refractivity contribution is 0.0513. The maximum atomic E-state index is 13.7. The van der Waals surface area contributed by atoms with Crippen molar-refractivity contribution in [2.75, 3.05) is 6.54 Å². The Balaban J connectivity index is 1.39. The molecule has 1 aromatic heterocycles. The van der Waals surface area contributed by atoms with Crippen LogP contribution in [-0.4, -0.2) is 40.2 Å². The van der Waals surface area contributed by atoms with Gasteiger partial charge in [-0.3, -0.25) is 14.6 Å². The summed E-state index contributed by atoms with van der Waals surface area (Å²) in [5, 5.41) is 5.35. The van der Waals surface area contributed by atoms with Gasteiger partial charge in [-0.15, -0.1) is 0 Å². The van der Waals surface area contributed by atoms with Crippen molar-refractivity contribution in [2.24, 2.45) is 0 Å². The number of ketones is 1. The maximum Gasteiger partial charge on any atom is 0.254 e. The smallest absolute Gasteiger partial charge is 0.254 e. The van der Waals surface area contributed by atoms with Crippen LogP contribution in [0.5, 0.6) is 0 Å². The number of pyridine rings is 1.